The maximum absolute atomic E-state index is 5.09. The van der Waals surface area contributed by atoms with Gasteiger partial charge in [0.25, 0.3) is 0 Å². The standard InChI is InChI=1S/C17H34N6O/c1-6-18-17(20-9-11-22(4)12-13-24-5)19-8-7-10-23-16(3)14-15(2)21-23/h14H,6-13H2,1-5H3,(H2,18,19,20). The Kier molecular flexibility index (Phi) is 10.1. The minimum Gasteiger partial charge on any atom is -0.383 e. The van der Waals surface area contributed by atoms with Gasteiger partial charge in [0.15, 0.2) is 5.96 Å². The molecule has 0 saturated heterocycles. The quantitative estimate of drug-likeness (QED) is 0.358. The predicted molar refractivity (Wildman–Crippen MR) is 99.7 cm³/mol. The van der Waals surface area contributed by atoms with E-state index in [1.807, 2.05) is 6.92 Å². The van der Waals surface area contributed by atoms with Crippen molar-refractivity contribution in [1.82, 2.24) is 25.3 Å². The highest BCUT2D eigenvalue weighted by atomic mass is 16.5. The van der Waals surface area contributed by atoms with Gasteiger partial charge in [0.05, 0.1) is 12.3 Å². The van der Waals surface area contributed by atoms with Crippen LogP contribution in [0, 0.1) is 13.8 Å². The van der Waals surface area contributed by atoms with Crippen LogP contribution < -0.4 is 10.6 Å². The highest BCUT2D eigenvalue weighted by Crippen LogP contribution is 2.02. The fourth-order valence-electron chi connectivity index (χ4n) is 2.38. The van der Waals surface area contributed by atoms with Crippen molar-refractivity contribution in [2.75, 3.05) is 53.5 Å². The minimum absolute atomic E-state index is 0.761. The average Bonchev–Trinajstić information content (AvgIpc) is 2.87. The smallest absolute Gasteiger partial charge is 0.191 e. The van der Waals surface area contributed by atoms with Crippen LogP contribution in [0.15, 0.2) is 11.1 Å². The first-order chi connectivity index (χ1) is 11.6. The molecule has 0 fully saturated rings. The number of rotatable bonds is 11. The molecule has 0 bridgehead atoms. The first-order valence-electron chi connectivity index (χ1n) is 8.77. The van der Waals surface area contributed by atoms with Crippen LogP contribution in [0.25, 0.3) is 0 Å². The summed E-state index contributed by atoms with van der Waals surface area (Å²) in [7, 11) is 3.83. The van der Waals surface area contributed by atoms with E-state index in [2.05, 4.69) is 57.3 Å². The molecule has 0 radical (unpaired) electrons. The third-order valence-electron chi connectivity index (χ3n) is 3.71. The highest BCUT2D eigenvalue weighted by molar-refractivity contribution is 5.79. The lowest BCUT2D eigenvalue weighted by Gasteiger charge is -2.17. The molecular weight excluding hydrogens is 304 g/mol. The molecule has 2 N–H and O–H groups in total. The monoisotopic (exact) mass is 338 g/mol. The number of nitrogens with one attached hydrogen (secondary N) is 2. The van der Waals surface area contributed by atoms with E-state index in [0.29, 0.717) is 0 Å². The van der Waals surface area contributed by atoms with Gasteiger partial charge in [-0.15, -0.1) is 0 Å². The zero-order valence-corrected chi connectivity index (χ0v) is 15.9. The molecule has 0 amide bonds. The number of aliphatic imine (C=N–C) groups is 1. The molecule has 0 aliphatic carbocycles. The molecule has 0 aliphatic heterocycles. The van der Waals surface area contributed by atoms with Crippen molar-refractivity contribution in [1.29, 1.82) is 0 Å². The van der Waals surface area contributed by atoms with E-state index in [1.54, 1.807) is 7.11 Å². The zero-order valence-electron chi connectivity index (χ0n) is 15.9. The van der Waals surface area contributed by atoms with Gasteiger partial charge in [0.1, 0.15) is 0 Å². The predicted octanol–water partition coefficient (Wildman–Crippen LogP) is 1.02. The van der Waals surface area contributed by atoms with E-state index in [9.17, 15) is 0 Å². The number of nitrogens with zero attached hydrogens (tertiary/aromatic N) is 4. The second kappa shape index (κ2) is 11.9. The van der Waals surface area contributed by atoms with Gasteiger partial charge in [0.2, 0.25) is 0 Å². The molecule has 0 saturated carbocycles. The summed E-state index contributed by atoms with van der Waals surface area (Å²) in [6.45, 7) is 12.3. The molecule has 7 nitrogen and oxygen atoms in total. The normalized spacial score (nSPS) is 12.0. The molecule has 0 aromatic carbocycles. The molecule has 1 aromatic rings. The largest absolute Gasteiger partial charge is 0.383 e. The van der Waals surface area contributed by atoms with Crippen molar-refractivity contribution in [3.8, 4) is 0 Å². The number of hydrogen-bond acceptors (Lipinski definition) is 4. The third kappa shape index (κ3) is 8.31. The molecule has 0 aliphatic rings. The van der Waals surface area contributed by atoms with Crippen LogP contribution in [0.5, 0.6) is 0 Å². The summed E-state index contributed by atoms with van der Waals surface area (Å²) in [5, 5.41) is 11.1. The number of likely N-dealkylation sites (N-methyl/N-ethyl adjacent to an activating group) is 1. The summed E-state index contributed by atoms with van der Waals surface area (Å²) < 4.78 is 7.14. The Morgan fingerprint density at radius 1 is 1.33 bits per heavy atom. The fourth-order valence-corrected chi connectivity index (χ4v) is 2.38. The summed E-state index contributed by atoms with van der Waals surface area (Å²) in [4.78, 5) is 6.87. The topological polar surface area (TPSA) is 66.7 Å². The first kappa shape index (κ1) is 20.4. The van der Waals surface area contributed by atoms with Crippen molar-refractivity contribution < 1.29 is 4.74 Å². The average molecular weight is 339 g/mol. The van der Waals surface area contributed by atoms with E-state index in [-0.39, 0.29) is 0 Å². The number of ether oxygens (including phenoxy) is 1. The molecular formula is C17H34N6O. The van der Waals surface area contributed by atoms with E-state index in [4.69, 9.17) is 4.74 Å². The van der Waals surface area contributed by atoms with Gasteiger partial charge in [-0.3, -0.25) is 9.67 Å². The van der Waals surface area contributed by atoms with Gasteiger partial charge in [-0.2, -0.15) is 5.10 Å². The zero-order chi connectivity index (χ0) is 17.8. The minimum atomic E-state index is 0.761. The summed E-state index contributed by atoms with van der Waals surface area (Å²) in [5.74, 6) is 0.881. The number of hydrogen-bond donors (Lipinski definition) is 2. The van der Waals surface area contributed by atoms with Crippen LogP contribution >= 0.6 is 0 Å². The second-order valence-corrected chi connectivity index (χ2v) is 5.99. The SMILES string of the molecule is CCNC(=NCCCn1nc(C)cc1C)NCCN(C)CCOC. The van der Waals surface area contributed by atoms with E-state index < -0.39 is 0 Å². The van der Waals surface area contributed by atoms with Crippen LogP contribution in [-0.4, -0.2) is 74.1 Å². The summed E-state index contributed by atoms with van der Waals surface area (Å²) in [6, 6.07) is 2.11. The molecule has 7 heteroatoms. The van der Waals surface area contributed by atoms with Gasteiger partial charge in [0, 0.05) is 52.1 Å². The fraction of sp³-hybridized carbons (Fsp3) is 0.765. The molecule has 0 spiro atoms. The Hall–Kier alpha value is -1.60. The summed E-state index contributed by atoms with van der Waals surface area (Å²) in [5.41, 5.74) is 2.28. The number of aryl methyl sites for hydroxylation is 3. The first-order valence-corrected chi connectivity index (χ1v) is 8.77. The molecule has 1 rings (SSSR count). The lowest BCUT2D eigenvalue weighted by molar-refractivity contribution is 0.162. The Bertz CT molecular complexity index is 485. The van der Waals surface area contributed by atoms with Crippen LogP contribution in [0.1, 0.15) is 24.7 Å². The molecule has 138 valence electrons. The van der Waals surface area contributed by atoms with Crippen molar-refractivity contribution in [3.05, 3.63) is 17.5 Å². The Morgan fingerprint density at radius 3 is 2.75 bits per heavy atom. The Labute approximate surface area is 146 Å². The maximum Gasteiger partial charge on any atom is 0.191 e. The Balaban J connectivity index is 2.30. The van der Waals surface area contributed by atoms with E-state index in [0.717, 1.165) is 63.9 Å². The van der Waals surface area contributed by atoms with Gasteiger partial charge >= 0.3 is 0 Å². The number of guanidine groups is 1. The van der Waals surface area contributed by atoms with Crippen LogP contribution in [0.4, 0.5) is 0 Å². The van der Waals surface area contributed by atoms with Gasteiger partial charge < -0.3 is 20.3 Å². The summed E-state index contributed by atoms with van der Waals surface area (Å²) >= 11 is 0. The van der Waals surface area contributed by atoms with Crippen LogP contribution in [0.2, 0.25) is 0 Å². The lowest BCUT2D eigenvalue weighted by Crippen LogP contribution is -2.41. The third-order valence-corrected chi connectivity index (χ3v) is 3.71. The van der Waals surface area contributed by atoms with Crippen molar-refractivity contribution in [2.24, 2.45) is 4.99 Å². The molecule has 1 aromatic heterocycles. The van der Waals surface area contributed by atoms with Gasteiger partial charge in [-0.05, 0) is 40.3 Å². The molecule has 24 heavy (non-hydrogen) atoms. The number of aromatic nitrogens is 2. The summed E-state index contributed by atoms with van der Waals surface area (Å²) in [6.07, 6.45) is 0.978. The Morgan fingerprint density at radius 2 is 2.12 bits per heavy atom. The lowest BCUT2D eigenvalue weighted by atomic mass is 10.4. The van der Waals surface area contributed by atoms with E-state index in [1.165, 1.54) is 5.69 Å². The molecule has 0 unspecified atom stereocenters. The maximum atomic E-state index is 5.09. The van der Waals surface area contributed by atoms with Crippen molar-refractivity contribution in [2.45, 2.75) is 33.7 Å². The second-order valence-electron chi connectivity index (χ2n) is 5.99. The van der Waals surface area contributed by atoms with Crippen molar-refractivity contribution in [3.63, 3.8) is 0 Å². The van der Waals surface area contributed by atoms with Gasteiger partial charge in [-0.25, -0.2) is 0 Å². The molecule has 1 heterocycles. The number of methoxy groups -OCH3 is 1. The van der Waals surface area contributed by atoms with E-state index >= 15 is 0 Å². The van der Waals surface area contributed by atoms with Gasteiger partial charge in [-0.1, -0.05) is 0 Å². The molecule has 0 atom stereocenters. The van der Waals surface area contributed by atoms with Crippen LogP contribution in [0.3, 0.4) is 0 Å². The van der Waals surface area contributed by atoms with Crippen LogP contribution in [-0.2, 0) is 11.3 Å². The highest BCUT2D eigenvalue weighted by Gasteiger charge is 2.02. The van der Waals surface area contributed by atoms with Crippen molar-refractivity contribution >= 4 is 5.96 Å².